The summed E-state index contributed by atoms with van der Waals surface area (Å²) >= 11 is 7.14. The predicted octanol–water partition coefficient (Wildman–Crippen LogP) is 3.39. The zero-order chi connectivity index (χ0) is 13.0. The number of ether oxygens (including phenoxy) is 3. The maximum Gasteiger partial charge on any atom is 0.203 e. The first kappa shape index (κ1) is 13.0. The molecule has 0 aliphatic carbocycles. The Morgan fingerprint density at radius 1 is 1.22 bits per heavy atom. The molecular weight excluding hydrogens is 274 g/mol. The normalized spacial score (nSPS) is 10.2. The van der Waals surface area contributed by atoms with Gasteiger partial charge < -0.3 is 14.2 Å². The first-order chi connectivity index (χ1) is 8.74. The summed E-state index contributed by atoms with van der Waals surface area (Å²) in [6.45, 7) is 0.376. The summed E-state index contributed by atoms with van der Waals surface area (Å²) in [5, 5.41) is 0. The lowest BCUT2D eigenvalue weighted by Crippen LogP contribution is -1.98. The van der Waals surface area contributed by atoms with Crippen LogP contribution in [0.4, 0.5) is 0 Å². The number of hydrogen-bond donors (Lipinski definition) is 0. The molecule has 0 unspecified atom stereocenters. The Hall–Kier alpha value is -1.46. The number of benzene rings is 1. The fourth-order valence-corrected chi connectivity index (χ4v) is 2.34. The van der Waals surface area contributed by atoms with Gasteiger partial charge in [0, 0.05) is 6.20 Å². The molecule has 0 saturated carbocycles. The SMILES string of the molecule is COc1cccc(OC)c1OCc1cnc(Cl)s1. The summed E-state index contributed by atoms with van der Waals surface area (Å²) in [6.07, 6.45) is 1.69. The van der Waals surface area contributed by atoms with Gasteiger partial charge in [0.1, 0.15) is 6.61 Å². The van der Waals surface area contributed by atoms with E-state index in [0.717, 1.165) is 4.88 Å². The van der Waals surface area contributed by atoms with Gasteiger partial charge in [-0.15, -0.1) is 11.3 Å². The van der Waals surface area contributed by atoms with Gasteiger partial charge in [0.05, 0.1) is 19.1 Å². The van der Waals surface area contributed by atoms with E-state index in [1.165, 1.54) is 11.3 Å². The second-order valence-corrected chi connectivity index (χ2v) is 5.06. The summed E-state index contributed by atoms with van der Waals surface area (Å²) in [5.41, 5.74) is 0. The third-order valence-corrected chi connectivity index (χ3v) is 3.36. The Labute approximate surface area is 114 Å². The first-order valence-electron chi connectivity index (χ1n) is 5.18. The first-order valence-corrected chi connectivity index (χ1v) is 6.38. The molecule has 96 valence electrons. The molecule has 0 N–H and O–H groups in total. The van der Waals surface area contributed by atoms with Crippen molar-refractivity contribution >= 4 is 22.9 Å². The summed E-state index contributed by atoms with van der Waals surface area (Å²) in [4.78, 5) is 4.89. The van der Waals surface area contributed by atoms with Crippen LogP contribution in [0.15, 0.2) is 24.4 Å². The lowest BCUT2D eigenvalue weighted by molar-refractivity contribution is 0.268. The molecule has 0 aliphatic rings. The molecule has 2 rings (SSSR count). The van der Waals surface area contributed by atoms with Crippen molar-refractivity contribution in [1.29, 1.82) is 0 Å². The van der Waals surface area contributed by atoms with Crippen molar-refractivity contribution in [2.24, 2.45) is 0 Å². The number of para-hydroxylation sites is 1. The molecule has 0 atom stereocenters. The fraction of sp³-hybridized carbons (Fsp3) is 0.250. The quantitative estimate of drug-likeness (QED) is 0.844. The van der Waals surface area contributed by atoms with Gasteiger partial charge in [-0.25, -0.2) is 4.98 Å². The minimum atomic E-state index is 0.376. The van der Waals surface area contributed by atoms with Gasteiger partial charge in [-0.05, 0) is 12.1 Å². The Bertz CT molecular complexity index is 508. The van der Waals surface area contributed by atoms with Crippen LogP contribution in [0.5, 0.6) is 17.2 Å². The van der Waals surface area contributed by atoms with E-state index in [1.54, 1.807) is 20.4 Å². The van der Waals surface area contributed by atoms with E-state index >= 15 is 0 Å². The van der Waals surface area contributed by atoms with Crippen LogP contribution in [0.3, 0.4) is 0 Å². The lowest BCUT2D eigenvalue weighted by Gasteiger charge is -2.13. The van der Waals surface area contributed by atoms with Crippen LogP contribution in [-0.4, -0.2) is 19.2 Å². The number of methoxy groups -OCH3 is 2. The third-order valence-electron chi connectivity index (χ3n) is 2.27. The molecule has 0 radical (unpaired) electrons. The van der Waals surface area contributed by atoms with Gasteiger partial charge in [-0.2, -0.15) is 0 Å². The van der Waals surface area contributed by atoms with E-state index in [4.69, 9.17) is 25.8 Å². The van der Waals surface area contributed by atoms with Crippen LogP contribution in [0.25, 0.3) is 0 Å². The van der Waals surface area contributed by atoms with Crippen LogP contribution in [0.2, 0.25) is 4.47 Å². The number of hydrogen-bond acceptors (Lipinski definition) is 5. The highest BCUT2D eigenvalue weighted by atomic mass is 35.5. The van der Waals surface area contributed by atoms with E-state index in [9.17, 15) is 0 Å². The van der Waals surface area contributed by atoms with Gasteiger partial charge in [0.2, 0.25) is 5.75 Å². The van der Waals surface area contributed by atoms with Crippen molar-refractivity contribution < 1.29 is 14.2 Å². The fourth-order valence-electron chi connectivity index (χ4n) is 1.45. The van der Waals surface area contributed by atoms with Crippen LogP contribution in [0, 0.1) is 0 Å². The molecule has 0 bridgehead atoms. The van der Waals surface area contributed by atoms with Gasteiger partial charge >= 0.3 is 0 Å². The van der Waals surface area contributed by atoms with Gasteiger partial charge in [0.25, 0.3) is 0 Å². The minimum Gasteiger partial charge on any atom is -0.493 e. The minimum absolute atomic E-state index is 0.376. The highest BCUT2D eigenvalue weighted by Gasteiger charge is 2.12. The van der Waals surface area contributed by atoms with Crippen LogP contribution in [-0.2, 0) is 6.61 Å². The Kier molecular flexibility index (Phi) is 4.28. The largest absolute Gasteiger partial charge is 0.493 e. The van der Waals surface area contributed by atoms with Crippen molar-refractivity contribution in [3.05, 3.63) is 33.7 Å². The Morgan fingerprint density at radius 3 is 2.39 bits per heavy atom. The van der Waals surface area contributed by atoms with Gasteiger partial charge in [-0.1, -0.05) is 17.7 Å². The number of rotatable bonds is 5. The van der Waals surface area contributed by atoms with E-state index < -0.39 is 0 Å². The van der Waals surface area contributed by atoms with E-state index in [0.29, 0.717) is 28.3 Å². The summed E-state index contributed by atoms with van der Waals surface area (Å²) in [5.74, 6) is 1.84. The average molecular weight is 286 g/mol. The standard InChI is InChI=1S/C12H12ClNO3S/c1-15-9-4-3-5-10(16-2)11(9)17-7-8-6-14-12(13)18-8/h3-6H,7H2,1-2H3. The van der Waals surface area contributed by atoms with E-state index in [-0.39, 0.29) is 0 Å². The molecule has 0 saturated heterocycles. The smallest absolute Gasteiger partial charge is 0.203 e. The van der Waals surface area contributed by atoms with E-state index in [2.05, 4.69) is 4.98 Å². The van der Waals surface area contributed by atoms with Crippen LogP contribution >= 0.6 is 22.9 Å². The van der Waals surface area contributed by atoms with Crippen molar-refractivity contribution in [2.45, 2.75) is 6.61 Å². The maximum absolute atomic E-state index is 5.76. The zero-order valence-electron chi connectivity index (χ0n) is 9.97. The molecule has 0 spiro atoms. The molecule has 6 heteroatoms. The summed E-state index contributed by atoms with van der Waals surface area (Å²) < 4.78 is 16.7. The van der Waals surface area contributed by atoms with Gasteiger partial charge in [0.15, 0.2) is 16.0 Å². The third kappa shape index (κ3) is 2.86. The van der Waals surface area contributed by atoms with Gasteiger partial charge in [-0.3, -0.25) is 0 Å². The molecule has 0 aliphatic heterocycles. The second kappa shape index (κ2) is 5.93. The van der Waals surface area contributed by atoms with E-state index in [1.807, 2.05) is 18.2 Å². The monoisotopic (exact) mass is 285 g/mol. The molecule has 1 aromatic heterocycles. The van der Waals surface area contributed by atoms with Crippen molar-refractivity contribution in [1.82, 2.24) is 4.98 Å². The highest BCUT2D eigenvalue weighted by molar-refractivity contribution is 7.15. The second-order valence-electron chi connectivity index (χ2n) is 3.36. The highest BCUT2D eigenvalue weighted by Crippen LogP contribution is 2.37. The van der Waals surface area contributed by atoms with Crippen molar-refractivity contribution in [3.8, 4) is 17.2 Å². The molecule has 2 aromatic rings. The van der Waals surface area contributed by atoms with Crippen molar-refractivity contribution in [3.63, 3.8) is 0 Å². The molecule has 4 nitrogen and oxygen atoms in total. The number of nitrogens with zero attached hydrogens (tertiary/aromatic N) is 1. The van der Waals surface area contributed by atoms with Crippen LogP contribution in [0.1, 0.15) is 4.88 Å². The maximum atomic E-state index is 5.76. The Morgan fingerprint density at radius 2 is 1.89 bits per heavy atom. The summed E-state index contributed by atoms with van der Waals surface area (Å²) in [6, 6.07) is 5.48. The number of thiazole rings is 1. The number of halogens is 1. The molecule has 0 fully saturated rings. The van der Waals surface area contributed by atoms with Crippen LogP contribution < -0.4 is 14.2 Å². The topological polar surface area (TPSA) is 40.6 Å². The summed E-state index contributed by atoms with van der Waals surface area (Å²) in [7, 11) is 3.18. The zero-order valence-corrected chi connectivity index (χ0v) is 11.5. The lowest BCUT2D eigenvalue weighted by atomic mass is 10.3. The Balaban J connectivity index is 2.17. The molecule has 0 amide bonds. The molecule has 18 heavy (non-hydrogen) atoms. The predicted molar refractivity (Wildman–Crippen MR) is 71.0 cm³/mol. The average Bonchev–Trinajstić information content (AvgIpc) is 2.81. The van der Waals surface area contributed by atoms with Crippen molar-refractivity contribution in [2.75, 3.05) is 14.2 Å². The molecule has 1 aromatic carbocycles. The molecule has 1 heterocycles. The number of aromatic nitrogens is 1. The molecular formula is C12H12ClNO3S.